The van der Waals surface area contributed by atoms with E-state index in [9.17, 15) is 5.11 Å². The molecule has 0 saturated heterocycles. The quantitative estimate of drug-likeness (QED) is 0.672. The van der Waals surface area contributed by atoms with Gasteiger partial charge in [-0.25, -0.2) is 0 Å². The number of rotatable bonds is 4. The van der Waals surface area contributed by atoms with Gasteiger partial charge in [-0.15, -0.1) is 11.3 Å². The fraction of sp³-hybridized carbons (Fsp3) is 0.227. The van der Waals surface area contributed by atoms with E-state index in [-0.39, 0.29) is 12.2 Å². The first kappa shape index (κ1) is 17.8. The molecule has 4 nitrogen and oxygen atoms in total. The molecule has 2 aromatic carbocycles. The van der Waals surface area contributed by atoms with Gasteiger partial charge in [-0.05, 0) is 59.8 Å². The van der Waals surface area contributed by atoms with E-state index in [0.717, 1.165) is 22.6 Å². The lowest BCUT2D eigenvalue weighted by Crippen LogP contribution is -2.33. The first-order valence-electron chi connectivity index (χ1n) is 8.94. The van der Waals surface area contributed by atoms with Crippen LogP contribution < -0.4 is 10.1 Å². The molecule has 2 N–H and O–H groups in total. The fourth-order valence-electron chi connectivity index (χ4n) is 3.45. The zero-order valence-electron chi connectivity index (χ0n) is 15.3. The summed E-state index contributed by atoms with van der Waals surface area (Å²) in [7, 11) is 1.67. The van der Waals surface area contributed by atoms with E-state index in [1.165, 1.54) is 10.4 Å². The lowest BCUT2D eigenvalue weighted by Gasteiger charge is -2.30. The Hall–Kier alpha value is -2.63. The van der Waals surface area contributed by atoms with Gasteiger partial charge in [-0.2, -0.15) is 0 Å². The largest absolute Gasteiger partial charge is 0.508 e. The van der Waals surface area contributed by atoms with Gasteiger partial charge >= 0.3 is 0 Å². The molecule has 0 amide bonds. The minimum absolute atomic E-state index is 0.00713. The van der Waals surface area contributed by atoms with E-state index in [1.807, 2.05) is 42.5 Å². The Morgan fingerprint density at radius 2 is 1.89 bits per heavy atom. The summed E-state index contributed by atoms with van der Waals surface area (Å²) >= 11 is 1.71. The van der Waals surface area contributed by atoms with Gasteiger partial charge in [-0.1, -0.05) is 18.2 Å². The lowest BCUT2D eigenvalue weighted by molar-refractivity contribution is 0.413. The van der Waals surface area contributed by atoms with E-state index >= 15 is 0 Å². The van der Waals surface area contributed by atoms with Crippen molar-refractivity contribution in [1.29, 1.82) is 0 Å². The molecule has 3 aromatic rings. The zero-order chi connectivity index (χ0) is 18.8. The first-order chi connectivity index (χ1) is 13.2. The molecule has 138 valence electrons. The number of hydrogen-bond acceptors (Lipinski definition) is 5. The van der Waals surface area contributed by atoms with E-state index < -0.39 is 0 Å². The van der Waals surface area contributed by atoms with E-state index in [0.29, 0.717) is 12.2 Å². The number of aliphatic imine (C=N–C) groups is 1. The smallest absolute Gasteiger partial charge is 0.135 e. The normalized spacial score (nSPS) is 19.6. The average molecular weight is 378 g/mol. The molecule has 1 aromatic heterocycles. The summed E-state index contributed by atoms with van der Waals surface area (Å²) < 4.78 is 5.27. The summed E-state index contributed by atoms with van der Waals surface area (Å²) in [5.74, 6) is 1.14. The maximum atomic E-state index is 10.4. The summed E-state index contributed by atoms with van der Waals surface area (Å²) in [5.41, 5.74) is 4.24. The Kier molecular flexibility index (Phi) is 4.97. The monoisotopic (exact) mass is 378 g/mol. The van der Waals surface area contributed by atoms with Crippen molar-refractivity contribution >= 4 is 17.0 Å². The molecule has 5 heteroatoms. The number of aromatic hydroxyl groups is 1. The molecule has 2 heterocycles. The summed E-state index contributed by atoms with van der Waals surface area (Å²) in [6.07, 6.45) is 0.589. The highest BCUT2D eigenvalue weighted by atomic mass is 32.1. The van der Waals surface area contributed by atoms with Gasteiger partial charge in [0, 0.05) is 28.6 Å². The molecule has 27 heavy (non-hydrogen) atoms. The van der Waals surface area contributed by atoms with Crippen molar-refractivity contribution in [2.24, 2.45) is 4.99 Å². The van der Waals surface area contributed by atoms with Crippen molar-refractivity contribution in [1.82, 2.24) is 5.32 Å². The van der Waals surface area contributed by atoms with Gasteiger partial charge in [0.1, 0.15) is 17.7 Å². The summed E-state index contributed by atoms with van der Waals surface area (Å²) in [6.45, 7) is 2.11. The molecule has 0 spiro atoms. The highest BCUT2D eigenvalue weighted by molar-refractivity contribution is 7.10. The van der Waals surface area contributed by atoms with Crippen molar-refractivity contribution in [3.63, 3.8) is 0 Å². The van der Waals surface area contributed by atoms with Gasteiger partial charge in [0.2, 0.25) is 0 Å². The molecule has 0 unspecified atom stereocenters. The number of phenols is 1. The minimum atomic E-state index is -0.125. The van der Waals surface area contributed by atoms with Gasteiger partial charge in [0.25, 0.3) is 0 Å². The number of para-hydroxylation sites is 1. The third-order valence-corrected chi connectivity index (χ3v) is 6.00. The second kappa shape index (κ2) is 7.55. The molecule has 2 atom stereocenters. The molecule has 0 bridgehead atoms. The molecule has 1 aliphatic heterocycles. The second-order valence-electron chi connectivity index (χ2n) is 6.66. The van der Waals surface area contributed by atoms with Crippen molar-refractivity contribution in [3.05, 3.63) is 81.5 Å². The number of aryl methyl sites for hydroxylation is 1. The van der Waals surface area contributed by atoms with Crippen LogP contribution in [0, 0.1) is 6.92 Å². The fourth-order valence-corrected chi connectivity index (χ4v) is 4.37. The van der Waals surface area contributed by atoms with E-state index in [4.69, 9.17) is 9.73 Å². The van der Waals surface area contributed by atoms with Gasteiger partial charge < -0.3 is 9.84 Å². The molecular weight excluding hydrogens is 356 g/mol. The molecule has 0 radical (unpaired) electrons. The van der Waals surface area contributed by atoms with Crippen LogP contribution in [0.4, 0.5) is 0 Å². The van der Waals surface area contributed by atoms with E-state index in [1.54, 1.807) is 24.5 Å². The van der Waals surface area contributed by atoms with Gasteiger partial charge in [0.15, 0.2) is 0 Å². The highest BCUT2D eigenvalue weighted by Gasteiger charge is 2.28. The molecule has 0 fully saturated rings. The number of nitrogens with zero attached hydrogens (tertiary/aromatic N) is 1. The third kappa shape index (κ3) is 3.61. The number of benzene rings is 2. The van der Waals surface area contributed by atoms with Crippen molar-refractivity contribution in [3.8, 4) is 11.5 Å². The summed E-state index contributed by atoms with van der Waals surface area (Å²) in [6, 6.07) is 17.6. The highest BCUT2D eigenvalue weighted by Crippen LogP contribution is 2.36. The van der Waals surface area contributed by atoms with Crippen LogP contribution in [0.25, 0.3) is 0 Å². The lowest BCUT2D eigenvalue weighted by atomic mass is 9.94. The number of hydrogen-bond donors (Lipinski definition) is 2. The predicted octanol–water partition coefficient (Wildman–Crippen LogP) is 4.99. The molecule has 0 saturated carbocycles. The Balaban J connectivity index is 1.74. The average Bonchev–Trinajstić information content (AvgIpc) is 3.14. The topological polar surface area (TPSA) is 53.8 Å². The number of ether oxygens (including phenoxy) is 1. The van der Waals surface area contributed by atoms with Gasteiger partial charge in [-0.3, -0.25) is 10.3 Å². The molecule has 4 rings (SSSR count). The van der Waals surface area contributed by atoms with Crippen LogP contribution in [0.5, 0.6) is 11.5 Å². The Bertz CT molecular complexity index is 962. The number of thiophene rings is 1. The van der Waals surface area contributed by atoms with Crippen molar-refractivity contribution in [2.45, 2.75) is 25.6 Å². The van der Waals surface area contributed by atoms with Crippen LogP contribution in [0.2, 0.25) is 0 Å². The van der Waals surface area contributed by atoms with Crippen LogP contribution in [-0.4, -0.2) is 17.9 Å². The van der Waals surface area contributed by atoms with Gasteiger partial charge in [0.05, 0.1) is 7.11 Å². The number of methoxy groups -OCH3 is 1. The van der Waals surface area contributed by atoms with Crippen molar-refractivity contribution in [2.75, 3.05) is 7.11 Å². The van der Waals surface area contributed by atoms with Crippen LogP contribution in [0.1, 0.15) is 40.2 Å². The number of phenolic OH excluding ortho intramolecular Hbond substituents is 1. The Labute approximate surface area is 163 Å². The summed E-state index contributed by atoms with van der Waals surface area (Å²) in [4.78, 5) is 6.22. The molecular formula is C22H22N2O2S. The minimum Gasteiger partial charge on any atom is -0.508 e. The maximum Gasteiger partial charge on any atom is 0.135 e. The van der Waals surface area contributed by atoms with Crippen LogP contribution in [0.3, 0.4) is 0 Å². The van der Waals surface area contributed by atoms with Crippen molar-refractivity contribution < 1.29 is 9.84 Å². The Morgan fingerprint density at radius 3 is 2.56 bits per heavy atom. The summed E-state index contributed by atoms with van der Waals surface area (Å²) in [5, 5.41) is 16.1. The standard InChI is InChI=1S/C22H22N2O2S/c1-14-11-12-27-21(14)22-23-18(15-7-9-16(26-2)10-8-15)13-19(24-22)17-5-3-4-6-20(17)25/h3-12,19,22,24-25H,13H2,1-2H3/t19-,22+/m0/s1. The predicted molar refractivity (Wildman–Crippen MR) is 110 cm³/mol. The van der Waals surface area contributed by atoms with Crippen LogP contribution >= 0.6 is 11.3 Å². The van der Waals surface area contributed by atoms with Crippen LogP contribution in [-0.2, 0) is 0 Å². The third-order valence-electron chi connectivity index (χ3n) is 4.93. The zero-order valence-corrected chi connectivity index (χ0v) is 16.2. The Morgan fingerprint density at radius 1 is 1.11 bits per heavy atom. The molecule has 0 aliphatic carbocycles. The van der Waals surface area contributed by atoms with Crippen LogP contribution in [0.15, 0.2) is 65.0 Å². The molecule has 1 aliphatic rings. The van der Waals surface area contributed by atoms with E-state index in [2.05, 4.69) is 23.7 Å². The number of nitrogens with one attached hydrogen (secondary N) is 1. The second-order valence-corrected chi connectivity index (χ2v) is 7.60. The SMILES string of the molecule is COc1ccc(C2=N[C@@H](c3sccc3C)N[C@H](c3ccccc3O)C2)cc1. The first-order valence-corrected chi connectivity index (χ1v) is 9.82. The maximum absolute atomic E-state index is 10.4.